The van der Waals surface area contributed by atoms with Gasteiger partial charge in [-0.15, -0.1) is 30.7 Å². The first kappa shape index (κ1) is 47.6. The highest BCUT2D eigenvalue weighted by Crippen LogP contribution is 2.47. The molecule has 0 fully saturated rings. The van der Waals surface area contributed by atoms with Crippen LogP contribution in [0.3, 0.4) is 0 Å². The second-order valence-corrected chi connectivity index (χ2v) is 20.1. The maximum Gasteiger partial charge on any atom is 0.335 e. The van der Waals surface area contributed by atoms with Crippen molar-refractivity contribution < 1.29 is 63.8 Å². The van der Waals surface area contributed by atoms with E-state index < -0.39 is 85.6 Å². The third-order valence-corrected chi connectivity index (χ3v) is 13.7. The molecule has 0 saturated heterocycles. The average Bonchev–Trinajstić information content (AvgIpc) is 3.87. The predicted molar refractivity (Wildman–Crippen MR) is 246 cm³/mol. The number of aromatic hydroxyl groups is 2. The Bertz CT molecular complexity index is 4000. The maximum absolute atomic E-state index is 13.0. The second-order valence-electron chi connectivity index (χ2n) is 14.8. The zero-order valence-corrected chi connectivity index (χ0v) is 38.4. The Morgan fingerprint density at radius 2 is 1.49 bits per heavy atom. The third-order valence-electron chi connectivity index (χ3n) is 10.2. The molecule has 8 aromatic rings. The molecule has 0 aliphatic carbocycles. The number of phenolic OH excluding ortho intramolecular Hbond substituents is 1. The molecule has 28 heteroatoms. The van der Waals surface area contributed by atoms with Crippen molar-refractivity contribution in [2.45, 2.75) is 30.1 Å². The highest BCUT2D eigenvalue weighted by molar-refractivity contribution is 7.86. The zero-order valence-electron chi connectivity index (χ0n) is 35.1. The number of hydrogen-bond donors (Lipinski definition) is 6. The number of ether oxygens (including phenoxy) is 1. The maximum atomic E-state index is 13.0. The first-order valence-electron chi connectivity index (χ1n) is 19.5. The Kier molecular flexibility index (Phi) is 12.4. The average molecular weight is 1020 g/mol. The van der Waals surface area contributed by atoms with E-state index in [2.05, 4.69) is 40.7 Å². The Hall–Kier alpha value is -7.91. The Balaban J connectivity index is 1.21. The van der Waals surface area contributed by atoms with Crippen molar-refractivity contribution in [3.05, 3.63) is 95.1 Å². The number of thiazole rings is 1. The van der Waals surface area contributed by atoms with Gasteiger partial charge in [0.2, 0.25) is 11.0 Å². The van der Waals surface area contributed by atoms with Crippen LogP contribution in [0, 0.1) is 25.2 Å². The van der Waals surface area contributed by atoms with Crippen LogP contribution < -0.4 is 4.74 Å². The van der Waals surface area contributed by atoms with Crippen LogP contribution in [0.25, 0.3) is 37.7 Å². The van der Waals surface area contributed by atoms with E-state index >= 15 is 0 Å². The Labute approximate surface area is 392 Å². The molecule has 0 aliphatic rings. The molecule has 0 atom stereocenters. The molecule has 3 heterocycles. The summed E-state index contributed by atoms with van der Waals surface area (Å²) in [6.45, 7) is 2.64. The number of imidazole rings is 1. The van der Waals surface area contributed by atoms with Gasteiger partial charge in [-0.3, -0.25) is 18.1 Å². The minimum absolute atomic E-state index is 0.0101. The smallest absolute Gasteiger partial charge is 0.335 e. The third kappa shape index (κ3) is 9.50. The van der Waals surface area contributed by atoms with Gasteiger partial charge in [-0.05, 0) is 80.4 Å². The number of fused-ring (bicyclic) bond motifs is 5. The van der Waals surface area contributed by atoms with Crippen molar-refractivity contribution >= 4 is 119 Å². The van der Waals surface area contributed by atoms with Crippen molar-refractivity contribution in [3.63, 3.8) is 0 Å². The molecule has 0 radical (unpaired) electrons. The number of para-hydroxylation sites is 2. The van der Waals surface area contributed by atoms with Crippen LogP contribution >= 0.6 is 11.3 Å². The number of rotatable bonds is 14. The first-order valence-corrected chi connectivity index (χ1v) is 24.8. The van der Waals surface area contributed by atoms with Crippen LogP contribution in [-0.2, 0) is 30.4 Å². The van der Waals surface area contributed by atoms with Crippen LogP contribution in [0.2, 0.25) is 0 Å². The predicted octanol–water partition coefficient (Wildman–Crippen LogP) is 9.24. The standard InChI is InChI=1S/C41H30N10O14S4/c1-19-14-29(31(65-12-5-13-67(56,57)58)17-28(19)46-50-41-44-26-10-8-21(40(54)55)15-32(26)66-41)47-49-35-33(68(59,60)61)16-23-22(36(35)52)9-11-27(37(23)69(62,63)64)45-48-34-20(2)24(18-42)38-43-25-6-3-4-7-30(25)51(38)39(34)53/h3-4,6-11,14-17,52-53H,5,12-13H2,1-2H3,(H,54,55)(H,56,57,58)(H,59,60,61)(H,62,63,64). The number of aryl methyl sites for hydroxylation is 1. The summed E-state index contributed by atoms with van der Waals surface area (Å²) in [6.07, 6.45) is -0.223. The summed E-state index contributed by atoms with van der Waals surface area (Å²) < 4.78 is 112. The van der Waals surface area contributed by atoms with Gasteiger partial charge in [0.25, 0.3) is 30.4 Å². The van der Waals surface area contributed by atoms with Gasteiger partial charge < -0.3 is 20.1 Å². The largest absolute Gasteiger partial charge is 0.505 e. The van der Waals surface area contributed by atoms with E-state index in [1.165, 1.54) is 41.7 Å². The summed E-state index contributed by atoms with van der Waals surface area (Å²) >= 11 is 1.05. The van der Waals surface area contributed by atoms with E-state index in [-0.39, 0.29) is 63.3 Å². The number of nitrogens with zero attached hydrogens (tertiary/aromatic N) is 10. The molecule has 0 spiro atoms. The molecule has 0 saturated carbocycles. The first-order chi connectivity index (χ1) is 32.5. The summed E-state index contributed by atoms with van der Waals surface area (Å²) in [5.74, 6) is -3.60. The van der Waals surface area contributed by atoms with E-state index in [1.807, 2.05) is 6.07 Å². The Morgan fingerprint density at radius 1 is 0.783 bits per heavy atom. The van der Waals surface area contributed by atoms with Gasteiger partial charge in [-0.25, -0.2) is 14.8 Å². The number of carbonyl (C=O) groups is 1. The molecule has 0 aliphatic heterocycles. The number of pyridine rings is 1. The number of aromatic carboxylic acids is 1. The lowest BCUT2D eigenvalue weighted by Crippen LogP contribution is -2.08. The topological polar surface area (TPSA) is 378 Å². The Morgan fingerprint density at radius 3 is 2.19 bits per heavy atom. The van der Waals surface area contributed by atoms with Crippen molar-refractivity contribution in [3.8, 4) is 23.4 Å². The number of hydrogen-bond acceptors (Lipinski definition) is 20. The number of nitriles is 1. The number of azo groups is 3. The lowest BCUT2D eigenvalue weighted by Gasteiger charge is -2.13. The lowest BCUT2D eigenvalue weighted by atomic mass is 10.1. The fraction of sp³-hybridized carbons (Fsp3) is 0.122. The number of carboxylic acid groups (broad SMARTS) is 1. The molecule has 5 aromatic carbocycles. The van der Waals surface area contributed by atoms with Crippen LogP contribution in [0.15, 0.2) is 113 Å². The van der Waals surface area contributed by atoms with Gasteiger partial charge in [-0.1, -0.05) is 23.5 Å². The summed E-state index contributed by atoms with van der Waals surface area (Å²) in [7, 11) is -15.2. The van der Waals surface area contributed by atoms with Gasteiger partial charge in [0.1, 0.15) is 44.2 Å². The van der Waals surface area contributed by atoms with Gasteiger partial charge in [0.15, 0.2) is 17.1 Å². The number of phenols is 1. The molecule has 69 heavy (non-hydrogen) atoms. The molecule has 3 aromatic heterocycles. The fourth-order valence-electron chi connectivity index (χ4n) is 7.03. The summed E-state index contributed by atoms with van der Waals surface area (Å²) in [5.41, 5.74) is -0.105. The molecule has 0 amide bonds. The molecule has 6 N–H and O–H groups in total. The summed E-state index contributed by atoms with van der Waals surface area (Å²) in [6, 6.07) is 18.2. The number of carboxylic acids is 1. The minimum atomic E-state index is -5.43. The molecule has 0 unspecified atom stereocenters. The van der Waals surface area contributed by atoms with Crippen molar-refractivity contribution in [1.82, 2.24) is 14.4 Å². The molecule has 352 valence electrons. The van der Waals surface area contributed by atoms with E-state index in [0.29, 0.717) is 32.9 Å². The van der Waals surface area contributed by atoms with Crippen molar-refractivity contribution in [1.29, 1.82) is 5.26 Å². The van der Waals surface area contributed by atoms with Gasteiger partial charge in [0.05, 0.1) is 44.9 Å². The molecular formula is C41H30N10O14S4. The minimum Gasteiger partial charge on any atom is -0.505 e. The number of benzene rings is 5. The molecule has 24 nitrogen and oxygen atoms in total. The van der Waals surface area contributed by atoms with E-state index in [4.69, 9.17) is 4.74 Å². The number of aromatic nitrogens is 3. The zero-order chi connectivity index (χ0) is 49.7. The van der Waals surface area contributed by atoms with Gasteiger partial charge >= 0.3 is 5.97 Å². The molecular weight excluding hydrogens is 985 g/mol. The quantitative estimate of drug-likeness (QED) is 0.0335. The second kappa shape index (κ2) is 18.0. The highest BCUT2D eigenvalue weighted by atomic mass is 32.2. The van der Waals surface area contributed by atoms with E-state index in [9.17, 15) is 64.3 Å². The van der Waals surface area contributed by atoms with Crippen molar-refractivity contribution in [2.75, 3.05) is 12.4 Å². The van der Waals surface area contributed by atoms with Crippen LogP contribution in [0.1, 0.15) is 33.5 Å². The van der Waals surface area contributed by atoms with Crippen molar-refractivity contribution in [2.24, 2.45) is 30.7 Å². The van der Waals surface area contributed by atoms with Gasteiger partial charge in [0, 0.05) is 22.4 Å². The van der Waals surface area contributed by atoms with E-state index in [0.717, 1.165) is 23.5 Å². The lowest BCUT2D eigenvalue weighted by molar-refractivity contribution is 0.0697. The monoisotopic (exact) mass is 1010 g/mol. The van der Waals surface area contributed by atoms with Crippen LogP contribution in [-0.4, -0.2) is 86.9 Å². The molecule has 0 bridgehead atoms. The van der Waals surface area contributed by atoms with E-state index in [1.54, 1.807) is 31.2 Å². The fourth-order valence-corrected chi connectivity index (χ4v) is 9.80. The normalized spacial score (nSPS) is 12.7. The summed E-state index contributed by atoms with van der Waals surface area (Å²) in [4.78, 5) is 17.9. The SMILES string of the molecule is Cc1cc(N=Nc2c(S(=O)(=O)O)cc3c(S(=O)(=O)O)c(N=Nc4c(C)c(C#N)c5nc6ccccc6n5c4O)ccc3c2O)c(OCCCS(=O)(=O)O)cc1N=Nc1nc2ccc(C(=O)O)cc2s1. The highest BCUT2D eigenvalue weighted by Gasteiger charge is 2.29. The van der Waals surface area contributed by atoms with Gasteiger partial charge in [-0.2, -0.15) is 30.5 Å². The van der Waals surface area contributed by atoms with Crippen LogP contribution in [0.5, 0.6) is 17.4 Å². The van der Waals surface area contributed by atoms with Crippen LogP contribution in [0.4, 0.5) is 33.6 Å². The molecule has 8 rings (SSSR count). The summed E-state index contributed by atoms with van der Waals surface area (Å²) in [5, 5.41) is 65.5.